The van der Waals surface area contributed by atoms with E-state index < -0.39 is 77.9 Å². The monoisotopic (exact) mass is 1020 g/mol. The molecule has 1 aromatic carbocycles. The van der Waals surface area contributed by atoms with Crippen molar-refractivity contribution in [2.75, 3.05) is 35.0 Å². The molecule has 1 aliphatic carbocycles. The first-order valence-corrected chi connectivity index (χ1v) is 26.7. The van der Waals surface area contributed by atoms with Gasteiger partial charge in [0.05, 0.1) is 38.6 Å². The van der Waals surface area contributed by atoms with Gasteiger partial charge in [-0.25, -0.2) is 4.79 Å². The molecule has 4 N–H and O–H groups in total. The van der Waals surface area contributed by atoms with Crippen LogP contribution < -0.4 is 9.47 Å². The van der Waals surface area contributed by atoms with Crippen molar-refractivity contribution in [1.29, 1.82) is 0 Å². The van der Waals surface area contributed by atoms with Crippen molar-refractivity contribution in [2.24, 2.45) is 35.5 Å². The van der Waals surface area contributed by atoms with Crippen LogP contribution in [-0.2, 0) is 38.1 Å². The minimum absolute atomic E-state index is 0.0474. The van der Waals surface area contributed by atoms with E-state index in [1.807, 2.05) is 63.3 Å². The highest BCUT2D eigenvalue weighted by atomic mass is 16.6. The number of aliphatic hydroxyl groups excluding tert-OH is 3. The van der Waals surface area contributed by atoms with Crippen LogP contribution in [0.25, 0.3) is 0 Å². The second-order valence-electron chi connectivity index (χ2n) is 21.7. The maximum absolute atomic E-state index is 14.6. The molecule has 408 valence electrons. The largest absolute Gasteiger partial charge is 0.497 e. The third-order valence-corrected chi connectivity index (χ3v) is 16.3. The number of methoxy groups -OCH3 is 4. The summed E-state index contributed by atoms with van der Waals surface area (Å²) in [5, 5.41) is 46.0. The van der Waals surface area contributed by atoms with Crippen LogP contribution in [-0.4, -0.2) is 138 Å². The smallest absolute Gasteiger partial charge is 0.329 e. The highest BCUT2D eigenvalue weighted by molar-refractivity contribution is 6.39. The molecule has 15 nitrogen and oxygen atoms in total. The summed E-state index contributed by atoms with van der Waals surface area (Å²) in [5.41, 5.74) is 2.22. The van der Waals surface area contributed by atoms with Gasteiger partial charge >= 0.3 is 5.97 Å². The minimum atomic E-state index is -2.48. The van der Waals surface area contributed by atoms with Crippen molar-refractivity contribution in [3.05, 3.63) is 71.4 Å². The normalized spacial score (nSPS) is 37.0. The number of amides is 1. The molecule has 15 heteroatoms. The van der Waals surface area contributed by atoms with Gasteiger partial charge in [0.2, 0.25) is 5.79 Å². The number of hydrogen-bond donors (Lipinski definition) is 4. The lowest BCUT2D eigenvalue weighted by molar-refractivity contribution is -0.264. The fourth-order valence-corrected chi connectivity index (χ4v) is 11.5. The number of hydrogen-bond acceptors (Lipinski definition) is 14. The number of carbonyl (C=O) groups is 4. The standard InChI is InChI=1S/C58H87NO14/c1-34-17-13-12-14-18-35(2)45(44-24-23-42(68-8)32-50(44)69-9)31-43-22-20-40(7)58(67,73-43)55(64)56(65)59-26-16-15-19-46(59)57(66)72-49(37(4)29-41-21-25-47(60)51(30-41)70-10)33-48(61)36(3)28-39(6)53(63)54(71-11)52(62)38(5)27-34/h12-14,17-18,23-24,28,32,34,36-38,40-41,43,45-47,49,51-54,60,62-63,67H,15-16,19-22,25-27,29-31,33H2,1-11H3/b14-12?,17-13+,35-18?,39-28+/t34-,36-,37-,38-,40-,41?,43+,45+,46+,47-,49?,51-,52+,53-,54+,58-/m1/s1. The predicted molar refractivity (Wildman–Crippen MR) is 278 cm³/mol. The maximum atomic E-state index is 14.6. The van der Waals surface area contributed by atoms with Crippen LogP contribution >= 0.6 is 0 Å². The van der Waals surface area contributed by atoms with Gasteiger partial charge in [0, 0.05) is 56.6 Å². The maximum Gasteiger partial charge on any atom is 0.329 e. The summed E-state index contributed by atoms with van der Waals surface area (Å²) in [4.78, 5) is 59.1. The molecular weight excluding hydrogens is 935 g/mol. The number of carbonyl (C=O) groups excluding carboxylic acids is 4. The van der Waals surface area contributed by atoms with Crippen molar-refractivity contribution in [3.63, 3.8) is 0 Å². The number of nitrogens with zero attached hydrogens (tertiary/aromatic N) is 1. The van der Waals surface area contributed by atoms with Crippen LogP contribution in [0.4, 0.5) is 0 Å². The Kier molecular flexibility index (Phi) is 22.5. The van der Waals surface area contributed by atoms with Gasteiger partial charge in [-0.1, -0.05) is 82.7 Å². The van der Waals surface area contributed by atoms with Gasteiger partial charge in [-0.05, 0) is 120 Å². The van der Waals surface area contributed by atoms with Crippen molar-refractivity contribution < 1.29 is 68.0 Å². The van der Waals surface area contributed by atoms with E-state index in [-0.39, 0.29) is 60.9 Å². The Bertz CT molecular complexity index is 2130. The number of ether oxygens (including phenoxy) is 6. The van der Waals surface area contributed by atoms with Gasteiger partial charge in [0.25, 0.3) is 11.7 Å². The summed E-state index contributed by atoms with van der Waals surface area (Å²) in [6.07, 6.45) is 11.1. The fraction of sp³-hybridized carbons (Fsp3) is 0.690. The number of aliphatic hydroxyl groups is 4. The zero-order valence-electron chi connectivity index (χ0n) is 45.4. The topological polar surface area (TPSA) is 208 Å². The second-order valence-corrected chi connectivity index (χ2v) is 21.7. The van der Waals surface area contributed by atoms with Crippen molar-refractivity contribution in [3.8, 4) is 11.5 Å². The molecule has 3 aliphatic heterocycles. The first-order chi connectivity index (χ1) is 34.7. The first-order valence-electron chi connectivity index (χ1n) is 26.7. The number of fused-ring (bicyclic) bond motifs is 3. The Morgan fingerprint density at radius 3 is 2.26 bits per heavy atom. The highest BCUT2D eigenvalue weighted by Crippen LogP contribution is 2.43. The lowest BCUT2D eigenvalue weighted by Crippen LogP contribution is -2.60. The molecule has 2 bridgehead atoms. The van der Waals surface area contributed by atoms with Gasteiger partial charge in [0.15, 0.2) is 0 Å². The van der Waals surface area contributed by atoms with E-state index in [4.69, 9.17) is 28.4 Å². The molecule has 1 aromatic rings. The first kappa shape index (κ1) is 59.7. The molecule has 73 heavy (non-hydrogen) atoms. The summed E-state index contributed by atoms with van der Waals surface area (Å²) < 4.78 is 35.4. The Balaban J connectivity index is 1.53. The molecule has 2 saturated heterocycles. The lowest BCUT2D eigenvalue weighted by Gasteiger charge is -2.43. The second kappa shape index (κ2) is 27.5. The Hall–Kier alpha value is -4.22. The van der Waals surface area contributed by atoms with E-state index >= 15 is 0 Å². The quantitative estimate of drug-likeness (QED) is 0.112. The molecule has 1 saturated carbocycles. The molecule has 3 heterocycles. The summed E-state index contributed by atoms with van der Waals surface area (Å²) in [5.74, 6) is -6.73. The Morgan fingerprint density at radius 1 is 0.836 bits per heavy atom. The molecule has 0 radical (unpaired) electrons. The molecule has 3 fully saturated rings. The van der Waals surface area contributed by atoms with E-state index in [9.17, 15) is 39.6 Å². The molecule has 1 amide bonds. The molecule has 0 spiro atoms. The van der Waals surface area contributed by atoms with Crippen LogP contribution in [0.2, 0.25) is 0 Å². The molecule has 2 unspecified atom stereocenters. The van der Waals surface area contributed by atoms with Crippen LogP contribution in [0.15, 0.2) is 65.8 Å². The number of rotatable bonds is 8. The van der Waals surface area contributed by atoms with E-state index in [1.54, 1.807) is 54.2 Å². The van der Waals surface area contributed by atoms with Gasteiger partial charge < -0.3 is 53.7 Å². The molecule has 0 aromatic heterocycles. The summed E-state index contributed by atoms with van der Waals surface area (Å²) in [7, 11) is 6.17. The fourth-order valence-electron chi connectivity index (χ4n) is 11.5. The SMILES string of the molecule is COc1ccc([C@H]2C[C@@H]3CC[C@@H](C)[C@@](O)(O3)C(=O)C(=O)N3CCCC[C@H]3C(=O)OC([C@H](C)CC3CC[C@@H](O)[C@H](OC)C3)CC(=O)[C@H](C)/C=C(\C)[C@@H](O)[C@@H](OC)[C@@H](O)[C@H](C)C[C@H](C)/C=C/C=CC=C2C)c(OC)c1. The molecule has 4 aliphatic rings. The van der Waals surface area contributed by atoms with Gasteiger partial charge in [-0.3, -0.25) is 14.4 Å². The summed E-state index contributed by atoms with van der Waals surface area (Å²) in [6, 6.07) is 4.42. The molecule has 16 atom stereocenters. The minimum Gasteiger partial charge on any atom is -0.497 e. The number of cyclic esters (lactones) is 1. The average molecular weight is 1020 g/mol. The Morgan fingerprint density at radius 2 is 1.58 bits per heavy atom. The lowest BCUT2D eigenvalue weighted by atomic mass is 9.78. The van der Waals surface area contributed by atoms with E-state index in [0.717, 1.165) is 17.6 Å². The predicted octanol–water partition coefficient (Wildman–Crippen LogP) is 7.76. The van der Waals surface area contributed by atoms with Gasteiger partial charge in [-0.2, -0.15) is 0 Å². The number of benzene rings is 1. The van der Waals surface area contributed by atoms with E-state index in [2.05, 4.69) is 6.92 Å². The van der Waals surface area contributed by atoms with E-state index in [1.165, 1.54) is 12.0 Å². The number of piperidine rings is 1. The number of esters is 1. The van der Waals surface area contributed by atoms with Crippen molar-refractivity contribution in [2.45, 2.75) is 186 Å². The highest BCUT2D eigenvalue weighted by Gasteiger charge is 2.53. The molecule has 5 rings (SSSR count). The number of allylic oxidation sites excluding steroid dienone is 7. The van der Waals surface area contributed by atoms with Gasteiger partial charge in [0.1, 0.15) is 41.6 Å². The zero-order valence-corrected chi connectivity index (χ0v) is 45.4. The van der Waals surface area contributed by atoms with E-state index in [0.29, 0.717) is 74.9 Å². The Labute approximate surface area is 434 Å². The van der Waals surface area contributed by atoms with Gasteiger partial charge in [-0.15, -0.1) is 0 Å². The molecular formula is C58H87NO14. The third kappa shape index (κ3) is 15.2. The number of ketones is 2. The van der Waals surface area contributed by atoms with Crippen LogP contribution in [0.5, 0.6) is 11.5 Å². The zero-order chi connectivity index (χ0) is 53.7. The van der Waals surface area contributed by atoms with Crippen LogP contribution in [0, 0.1) is 35.5 Å². The summed E-state index contributed by atoms with van der Waals surface area (Å²) in [6.45, 7) is 13.0. The van der Waals surface area contributed by atoms with Crippen LogP contribution in [0.3, 0.4) is 0 Å². The van der Waals surface area contributed by atoms with Crippen molar-refractivity contribution >= 4 is 23.4 Å². The average Bonchev–Trinajstić information content (AvgIpc) is 3.38. The third-order valence-electron chi connectivity index (χ3n) is 16.3. The van der Waals surface area contributed by atoms with Crippen LogP contribution in [0.1, 0.15) is 137 Å². The summed E-state index contributed by atoms with van der Waals surface area (Å²) >= 11 is 0. The number of Topliss-reactive ketones (excluding diaryl/α,β-unsaturated/α-hetero) is 2. The van der Waals surface area contributed by atoms with Crippen molar-refractivity contribution in [1.82, 2.24) is 4.90 Å².